The van der Waals surface area contributed by atoms with Crippen LogP contribution in [0.3, 0.4) is 0 Å². The van der Waals surface area contributed by atoms with Gasteiger partial charge < -0.3 is 10.0 Å². The van der Waals surface area contributed by atoms with Crippen LogP contribution >= 0.6 is 22.7 Å². The van der Waals surface area contributed by atoms with Crippen molar-refractivity contribution in [2.75, 3.05) is 19.7 Å². The lowest BCUT2D eigenvalue weighted by atomic mass is 10.1. The Morgan fingerprint density at radius 1 is 1.53 bits per heavy atom. The first-order valence-corrected chi connectivity index (χ1v) is 7.98. The van der Waals surface area contributed by atoms with Gasteiger partial charge in [0.15, 0.2) is 0 Å². The lowest BCUT2D eigenvalue weighted by Crippen LogP contribution is -2.29. The van der Waals surface area contributed by atoms with Gasteiger partial charge in [0.25, 0.3) is 5.91 Å². The largest absolute Gasteiger partial charge is 0.396 e. The van der Waals surface area contributed by atoms with Crippen molar-refractivity contribution < 1.29 is 9.90 Å². The van der Waals surface area contributed by atoms with E-state index >= 15 is 0 Å². The molecule has 0 saturated carbocycles. The van der Waals surface area contributed by atoms with E-state index < -0.39 is 0 Å². The molecular weight excluding hydrogens is 280 g/mol. The third-order valence-electron chi connectivity index (χ3n) is 3.32. The number of thiazole rings is 1. The van der Waals surface area contributed by atoms with Crippen molar-refractivity contribution in [2.45, 2.75) is 6.42 Å². The van der Waals surface area contributed by atoms with Crippen LogP contribution < -0.4 is 0 Å². The minimum absolute atomic E-state index is 0.0197. The molecule has 1 aliphatic rings. The van der Waals surface area contributed by atoms with Crippen LogP contribution in [0.5, 0.6) is 0 Å². The molecule has 3 rings (SSSR count). The molecule has 1 atom stereocenters. The maximum atomic E-state index is 12.3. The Bertz CT molecular complexity index is 565. The van der Waals surface area contributed by atoms with Gasteiger partial charge in [-0.15, -0.1) is 11.3 Å². The number of amides is 1. The number of carbonyl (C=O) groups is 1. The first kappa shape index (κ1) is 12.8. The van der Waals surface area contributed by atoms with Crippen molar-refractivity contribution in [3.05, 3.63) is 27.9 Å². The van der Waals surface area contributed by atoms with Gasteiger partial charge >= 0.3 is 0 Å². The molecule has 0 aliphatic carbocycles. The molecule has 0 radical (unpaired) electrons. The topological polar surface area (TPSA) is 53.4 Å². The van der Waals surface area contributed by atoms with Gasteiger partial charge in [-0.1, -0.05) is 0 Å². The fourth-order valence-corrected chi connectivity index (χ4v) is 3.72. The number of aromatic nitrogens is 1. The van der Waals surface area contributed by atoms with Crippen molar-refractivity contribution in [3.8, 4) is 10.6 Å². The van der Waals surface area contributed by atoms with E-state index in [0.717, 1.165) is 23.5 Å². The van der Waals surface area contributed by atoms with E-state index in [9.17, 15) is 4.79 Å². The second kappa shape index (κ2) is 5.40. The summed E-state index contributed by atoms with van der Waals surface area (Å²) >= 11 is 3.12. The molecule has 1 unspecified atom stereocenters. The molecule has 0 bridgehead atoms. The van der Waals surface area contributed by atoms with Crippen LogP contribution in [0, 0.1) is 5.92 Å². The fraction of sp³-hybridized carbons (Fsp3) is 0.385. The van der Waals surface area contributed by atoms with E-state index in [2.05, 4.69) is 4.98 Å². The first-order chi connectivity index (χ1) is 9.28. The van der Waals surface area contributed by atoms with Gasteiger partial charge in [0, 0.05) is 41.9 Å². The van der Waals surface area contributed by atoms with E-state index in [0.29, 0.717) is 12.2 Å². The fourth-order valence-electron chi connectivity index (χ4n) is 2.22. The van der Waals surface area contributed by atoms with Crippen molar-refractivity contribution in [1.82, 2.24) is 9.88 Å². The molecule has 3 heterocycles. The number of hydrogen-bond donors (Lipinski definition) is 1. The average Bonchev–Trinajstić information content (AvgIpc) is 3.16. The third kappa shape index (κ3) is 2.56. The van der Waals surface area contributed by atoms with Crippen LogP contribution in [-0.4, -0.2) is 40.6 Å². The summed E-state index contributed by atoms with van der Waals surface area (Å²) < 4.78 is 0. The summed E-state index contributed by atoms with van der Waals surface area (Å²) in [5, 5.41) is 15.9. The molecule has 100 valence electrons. The highest BCUT2D eigenvalue weighted by Gasteiger charge is 2.27. The summed E-state index contributed by atoms with van der Waals surface area (Å²) in [6.07, 6.45) is 0.879. The number of hydrogen-bond acceptors (Lipinski definition) is 5. The quantitative estimate of drug-likeness (QED) is 0.945. The summed E-state index contributed by atoms with van der Waals surface area (Å²) in [4.78, 5) is 18.5. The normalized spacial score (nSPS) is 19.0. The maximum absolute atomic E-state index is 12.3. The first-order valence-electron chi connectivity index (χ1n) is 6.16. The van der Waals surface area contributed by atoms with Crippen LogP contribution in [-0.2, 0) is 0 Å². The average molecular weight is 294 g/mol. The lowest BCUT2D eigenvalue weighted by Gasteiger charge is -2.14. The number of rotatable bonds is 3. The van der Waals surface area contributed by atoms with Crippen molar-refractivity contribution in [2.24, 2.45) is 5.92 Å². The third-order valence-corrected chi connectivity index (χ3v) is 4.90. The number of likely N-dealkylation sites (tertiary alicyclic amines) is 1. The predicted octanol–water partition coefficient (Wildman–Crippen LogP) is 2.33. The number of aliphatic hydroxyl groups excluding tert-OH is 1. The predicted molar refractivity (Wildman–Crippen MR) is 76.5 cm³/mol. The van der Waals surface area contributed by atoms with E-state index in [1.807, 2.05) is 22.2 Å². The Balaban J connectivity index is 1.74. The molecule has 19 heavy (non-hydrogen) atoms. The summed E-state index contributed by atoms with van der Waals surface area (Å²) in [6, 6.07) is 2.01. The Morgan fingerprint density at radius 2 is 2.42 bits per heavy atom. The molecule has 1 saturated heterocycles. The Labute approximate surface area is 119 Å². The minimum Gasteiger partial charge on any atom is -0.396 e. The number of carbonyl (C=O) groups excluding carboxylic acids is 1. The molecule has 6 heteroatoms. The van der Waals surface area contributed by atoms with Gasteiger partial charge in [-0.25, -0.2) is 4.98 Å². The summed E-state index contributed by atoms with van der Waals surface area (Å²) in [7, 11) is 0. The second-order valence-corrected chi connectivity index (χ2v) is 6.28. The lowest BCUT2D eigenvalue weighted by molar-refractivity contribution is 0.0777. The van der Waals surface area contributed by atoms with Gasteiger partial charge in [0.2, 0.25) is 0 Å². The molecule has 1 fully saturated rings. The number of nitrogens with zero attached hydrogens (tertiary/aromatic N) is 2. The standard InChI is InChI=1S/C13H14N2O2S2/c16-6-9-1-3-15(5-9)13(17)11-8-19-12(14-11)10-2-4-18-7-10/h2,4,7-9,16H,1,3,5-6H2. The molecule has 0 spiro atoms. The Morgan fingerprint density at radius 3 is 3.11 bits per heavy atom. The zero-order valence-electron chi connectivity index (χ0n) is 10.3. The molecule has 2 aromatic rings. The zero-order chi connectivity index (χ0) is 13.2. The van der Waals surface area contributed by atoms with Crippen LogP contribution in [0.25, 0.3) is 10.6 Å². The molecule has 4 nitrogen and oxygen atoms in total. The number of thiophene rings is 1. The van der Waals surface area contributed by atoms with E-state index in [-0.39, 0.29) is 18.4 Å². The Hall–Kier alpha value is -1.24. The minimum atomic E-state index is -0.0197. The van der Waals surface area contributed by atoms with Gasteiger partial charge in [-0.3, -0.25) is 4.79 Å². The zero-order valence-corrected chi connectivity index (χ0v) is 11.9. The summed E-state index contributed by atoms with van der Waals surface area (Å²) in [6.45, 7) is 1.51. The van der Waals surface area contributed by atoms with Crippen molar-refractivity contribution >= 4 is 28.6 Å². The molecule has 1 amide bonds. The second-order valence-electron chi connectivity index (χ2n) is 4.64. The van der Waals surface area contributed by atoms with Gasteiger partial charge in [-0.2, -0.15) is 11.3 Å². The highest BCUT2D eigenvalue weighted by atomic mass is 32.1. The van der Waals surface area contributed by atoms with Crippen LogP contribution in [0.2, 0.25) is 0 Å². The molecule has 2 aromatic heterocycles. The highest BCUT2D eigenvalue weighted by Crippen LogP contribution is 2.27. The molecule has 0 aromatic carbocycles. The Kier molecular flexibility index (Phi) is 3.63. The summed E-state index contributed by atoms with van der Waals surface area (Å²) in [5.74, 6) is 0.201. The highest BCUT2D eigenvalue weighted by molar-refractivity contribution is 7.14. The van der Waals surface area contributed by atoms with Gasteiger partial charge in [0.05, 0.1) is 0 Å². The van der Waals surface area contributed by atoms with Crippen LogP contribution in [0.1, 0.15) is 16.9 Å². The van der Waals surface area contributed by atoms with E-state index in [1.54, 1.807) is 16.2 Å². The van der Waals surface area contributed by atoms with Crippen LogP contribution in [0.4, 0.5) is 0 Å². The smallest absolute Gasteiger partial charge is 0.273 e. The van der Waals surface area contributed by atoms with Gasteiger partial charge in [0.1, 0.15) is 10.7 Å². The van der Waals surface area contributed by atoms with Crippen molar-refractivity contribution in [1.29, 1.82) is 0 Å². The van der Waals surface area contributed by atoms with Crippen LogP contribution in [0.15, 0.2) is 22.2 Å². The SMILES string of the molecule is O=C(c1csc(-c2ccsc2)n1)N1CCC(CO)C1. The molecule has 1 N–H and O–H groups in total. The molecule has 1 aliphatic heterocycles. The number of aliphatic hydroxyl groups is 1. The monoisotopic (exact) mass is 294 g/mol. The maximum Gasteiger partial charge on any atom is 0.273 e. The summed E-state index contributed by atoms with van der Waals surface area (Å²) in [5.41, 5.74) is 1.59. The van der Waals surface area contributed by atoms with E-state index in [1.165, 1.54) is 11.3 Å². The van der Waals surface area contributed by atoms with Gasteiger partial charge in [-0.05, 0) is 17.9 Å². The molecular formula is C13H14N2O2S2. The van der Waals surface area contributed by atoms with E-state index in [4.69, 9.17) is 5.11 Å². The van der Waals surface area contributed by atoms with Crippen molar-refractivity contribution in [3.63, 3.8) is 0 Å².